The largest absolute Gasteiger partial charge is 0.481 e. The lowest BCUT2D eigenvalue weighted by atomic mass is 9.94. The number of benzene rings is 1. The lowest BCUT2D eigenvalue weighted by Gasteiger charge is -2.21. The van der Waals surface area contributed by atoms with E-state index in [0.717, 1.165) is 11.1 Å². The first-order valence-electron chi connectivity index (χ1n) is 7.48. The Balaban J connectivity index is 2.07. The number of nitrogens with one attached hydrogen (secondary N) is 1. The van der Waals surface area contributed by atoms with Crippen LogP contribution in [0.3, 0.4) is 0 Å². The van der Waals surface area contributed by atoms with Crippen LogP contribution in [0.2, 0.25) is 0 Å². The summed E-state index contributed by atoms with van der Waals surface area (Å²) in [5, 5.41) is 12.2. The molecule has 0 aromatic heterocycles. The molecule has 0 heterocycles. The van der Waals surface area contributed by atoms with Gasteiger partial charge < -0.3 is 10.4 Å². The predicted octanol–water partition coefficient (Wildman–Crippen LogP) is 2.92. The molecule has 2 unspecified atom stereocenters. The van der Waals surface area contributed by atoms with Gasteiger partial charge in [-0.2, -0.15) is 0 Å². The zero-order valence-electron chi connectivity index (χ0n) is 12.8. The molecule has 4 nitrogen and oxygen atoms in total. The fraction of sp³-hybridized carbons (Fsp3) is 0.529. The van der Waals surface area contributed by atoms with Gasteiger partial charge in [0.2, 0.25) is 5.91 Å². The van der Waals surface area contributed by atoms with E-state index in [0.29, 0.717) is 12.8 Å². The van der Waals surface area contributed by atoms with Gasteiger partial charge in [-0.15, -0.1) is 0 Å². The van der Waals surface area contributed by atoms with Crippen molar-refractivity contribution >= 4 is 11.9 Å². The van der Waals surface area contributed by atoms with Crippen LogP contribution >= 0.6 is 0 Å². The van der Waals surface area contributed by atoms with Gasteiger partial charge in [0.1, 0.15) is 0 Å². The molecule has 0 bridgehead atoms. The van der Waals surface area contributed by atoms with E-state index in [1.807, 2.05) is 45.0 Å². The molecule has 1 fully saturated rings. The van der Waals surface area contributed by atoms with E-state index in [-0.39, 0.29) is 17.9 Å². The van der Waals surface area contributed by atoms with Gasteiger partial charge in [0.25, 0.3) is 0 Å². The molecule has 4 heteroatoms. The van der Waals surface area contributed by atoms with Crippen LogP contribution < -0.4 is 5.32 Å². The summed E-state index contributed by atoms with van der Waals surface area (Å²) >= 11 is 0. The van der Waals surface area contributed by atoms with Gasteiger partial charge in [0.05, 0.1) is 17.9 Å². The molecule has 1 amide bonds. The zero-order chi connectivity index (χ0) is 15.6. The fourth-order valence-electron chi connectivity index (χ4n) is 3.33. The Labute approximate surface area is 125 Å². The molecule has 1 aliphatic rings. The molecular formula is C17H23NO3. The molecule has 0 saturated heterocycles. The van der Waals surface area contributed by atoms with E-state index in [1.165, 1.54) is 0 Å². The number of amides is 1. The SMILES string of the molecule is Cc1ccccc1C(C)NC(=O)[C@H]1CC(C)C[C@H]1C(=O)O. The van der Waals surface area contributed by atoms with Gasteiger partial charge in [-0.3, -0.25) is 9.59 Å². The summed E-state index contributed by atoms with van der Waals surface area (Å²) in [4.78, 5) is 23.7. The van der Waals surface area contributed by atoms with E-state index in [4.69, 9.17) is 0 Å². The van der Waals surface area contributed by atoms with Crippen LogP contribution in [0.5, 0.6) is 0 Å². The summed E-state index contributed by atoms with van der Waals surface area (Å²) in [5.74, 6) is -1.67. The first-order chi connectivity index (χ1) is 9.90. The molecule has 0 radical (unpaired) electrons. The van der Waals surface area contributed by atoms with Crippen molar-refractivity contribution in [3.05, 3.63) is 35.4 Å². The van der Waals surface area contributed by atoms with Crippen molar-refractivity contribution in [3.8, 4) is 0 Å². The van der Waals surface area contributed by atoms with Crippen LogP contribution in [0.4, 0.5) is 0 Å². The van der Waals surface area contributed by atoms with Crippen molar-refractivity contribution in [2.24, 2.45) is 17.8 Å². The third-order valence-corrected chi connectivity index (χ3v) is 4.47. The molecule has 4 atom stereocenters. The van der Waals surface area contributed by atoms with Crippen molar-refractivity contribution in [3.63, 3.8) is 0 Å². The Bertz CT molecular complexity index is 541. The Hall–Kier alpha value is -1.84. The molecule has 0 spiro atoms. The molecule has 2 rings (SSSR count). The Morgan fingerprint density at radius 1 is 1.24 bits per heavy atom. The highest BCUT2D eigenvalue weighted by Crippen LogP contribution is 2.37. The molecule has 0 aliphatic heterocycles. The van der Waals surface area contributed by atoms with E-state index < -0.39 is 17.8 Å². The number of carboxylic acid groups (broad SMARTS) is 1. The minimum Gasteiger partial charge on any atom is -0.481 e. The third kappa shape index (κ3) is 3.43. The number of aliphatic carboxylic acids is 1. The molecule has 21 heavy (non-hydrogen) atoms. The van der Waals surface area contributed by atoms with Crippen molar-refractivity contribution in [1.82, 2.24) is 5.32 Å². The van der Waals surface area contributed by atoms with Crippen molar-refractivity contribution in [1.29, 1.82) is 0 Å². The molecule has 1 aliphatic carbocycles. The maximum absolute atomic E-state index is 12.4. The fourth-order valence-corrected chi connectivity index (χ4v) is 3.33. The van der Waals surface area contributed by atoms with E-state index in [9.17, 15) is 14.7 Å². The summed E-state index contributed by atoms with van der Waals surface area (Å²) in [6, 6.07) is 7.81. The Morgan fingerprint density at radius 2 is 1.86 bits per heavy atom. The Kier molecular flexibility index (Phi) is 4.66. The highest BCUT2D eigenvalue weighted by molar-refractivity contribution is 5.85. The van der Waals surface area contributed by atoms with Gasteiger partial charge in [0.15, 0.2) is 0 Å². The van der Waals surface area contributed by atoms with Crippen molar-refractivity contribution in [2.45, 2.75) is 39.7 Å². The van der Waals surface area contributed by atoms with Crippen LogP contribution in [-0.4, -0.2) is 17.0 Å². The lowest BCUT2D eigenvalue weighted by molar-refractivity contribution is -0.146. The quantitative estimate of drug-likeness (QED) is 0.895. The smallest absolute Gasteiger partial charge is 0.307 e. The van der Waals surface area contributed by atoms with Crippen LogP contribution in [0.1, 0.15) is 43.9 Å². The summed E-state index contributed by atoms with van der Waals surface area (Å²) in [6.07, 6.45) is 1.25. The second-order valence-electron chi connectivity index (χ2n) is 6.21. The molecule has 1 aromatic carbocycles. The zero-order valence-corrected chi connectivity index (χ0v) is 12.8. The highest BCUT2D eigenvalue weighted by Gasteiger charge is 2.41. The van der Waals surface area contributed by atoms with E-state index in [1.54, 1.807) is 0 Å². The number of carbonyl (C=O) groups excluding carboxylic acids is 1. The number of hydrogen-bond donors (Lipinski definition) is 2. The first kappa shape index (κ1) is 15.5. The summed E-state index contributed by atoms with van der Waals surface area (Å²) < 4.78 is 0. The molecule has 114 valence electrons. The topological polar surface area (TPSA) is 66.4 Å². The standard InChI is InChI=1S/C17H23NO3/c1-10-8-14(15(9-10)17(20)21)16(19)18-12(3)13-7-5-4-6-11(13)2/h4-7,10,12,14-15H,8-9H2,1-3H3,(H,18,19)(H,20,21)/t10?,12?,14-,15+/m0/s1. The normalized spacial score (nSPS) is 26.3. The van der Waals surface area contributed by atoms with Gasteiger partial charge >= 0.3 is 5.97 Å². The number of hydrogen-bond acceptors (Lipinski definition) is 2. The highest BCUT2D eigenvalue weighted by atomic mass is 16.4. The van der Waals surface area contributed by atoms with Crippen LogP contribution in [-0.2, 0) is 9.59 Å². The van der Waals surface area contributed by atoms with Crippen LogP contribution in [0.15, 0.2) is 24.3 Å². The van der Waals surface area contributed by atoms with Gasteiger partial charge in [-0.05, 0) is 43.7 Å². The van der Waals surface area contributed by atoms with Crippen molar-refractivity contribution < 1.29 is 14.7 Å². The molecule has 1 saturated carbocycles. The van der Waals surface area contributed by atoms with E-state index in [2.05, 4.69) is 5.32 Å². The molecule has 2 N–H and O–H groups in total. The Morgan fingerprint density at radius 3 is 2.48 bits per heavy atom. The molecular weight excluding hydrogens is 266 g/mol. The minimum absolute atomic E-state index is 0.107. The number of carboxylic acids is 1. The average Bonchev–Trinajstić information content (AvgIpc) is 2.81. The predicted molar refractivity (Wildman–Crippen MR) is 80.8 cm³/mol. The van der Waals surface area contributed by atoms with Crippen molar-refractivity contribution in [2.75, 3.05) is 0 Å². The minimum atomic E-state index is -0.858. The summed E-state index contributed by atoms with van der Waals surface area (Å²) in [7, 11) is 0. The van der Waals surface area contributed by atoms with Crippen LogP contribution in [0, 0.1) is 24.7 Å². The summed E-state index contributed by atoms with van der Waals surface area (Å²) in [6.45, 7) is 5.96. The average molecular weight is 289 g/mol. The van der Waals surface area contributed by atoms with E-state index >= 15 is 0 Å². The number of aryl methyl sites for hydroxylation is 1. The maximum atomic E-state index is 12.4. The first-order valence-corrected chi connectivity index (χ1v) is 7.48. The van der Waals surface area contributed by atoms with Gasteiger partial charge in [-0.25, -0.2) is 0 Å². The van der Waals surface area contributed by atoms with Gasteiger partial charge in [0, 0.05) is 0 Å². The monoisotopic (exact) mass is 289 g/mol. The molecule has 1 aromatic rings. The van der Waals surface area contributed by atoms with Gasteiger partial charge in [-0.1, -0.05) is 31.2 Å². The summed E-state index contributed by atoms with van der Waals surface area (Å²) in [5.41, 5.74) is 2.20. The third-order valence-electron chi connectivity index (χ3n) is 4.47. The second kappa shape index (κ2) is 6.29. The second-order valence-corrected chi connectivity index (χ2v) is 6.21. The maximum Gasteiger partial charge on any atom is 0.307 e. The number of rotatable bonds is 4. The number of carbonyl (C=O) groups is 2. The van der Waals surface area contributed by atoms with Crippen LogP contribution in [0.25, 0.3) is 0 Å². The lowest BCUT2D eigenvalue weighted by Crippen LogP contribution is -2.36.